The van der Waals surface area contributed by atoms with Gasteiger partial charge >= 0.3 is 0 Å². The van der Waals surface area contributed by atoms with Crippen molar-refractivity contribution in [2.75, 3.05) is 23.4 Å². The van der Waals surface area contributed by atoms with Gasteiger partial charge < -0.3 is 15.0 Å². The molecular formula is C24H24N4O2. The summed E-state index contributed by atoms with van der Waals surface area (Å²) in [7, 11) is 0. The molecule has 3 aliphatic rings. The number of nitrogens with one attached hydrogen (secondary N) is 2. The van der Waals surface area contributed by atoms with Crippen LogP contribution < -0.4 is 15.0 Å². The Morgan fingerprint density at radius 3 is 2.77 bits per heavy atom. The van der Waals surface area contributed by atoms with Gasteiger partial charge in [0.2, 0.25) is 0 Å². The number of aromatic nitrogens is 2. The van der Waals surface area contributed by atoms with Crippen LogP contribution in [0.1, 0.15) is 24.8 Å². The number of H-pyrrole nitrogens is 1. The first-order chi connectivity index (χ1) is 14.7. The number of ether oxygens (including phenoxy) is 1. The quantitative estimate of drug-likeness (QED) is 0.679. The largest absolute Gasteiger partial charge is 0.493 e. The lowest BCUT2D eigenvalue weighted by Crippen LogP contribution is -2.45. The van der Waals surface area contributed by atoms with Crippen molar-refractivity contribution in [1.82, 2.24) is 10.2 Å². The fourth-order valence-electron chi connectivity index (χ4n) is 4.58. The number of fused-ring (bicyclic) bond motifs is 1. The zero-order valence-electron chi connectivity index (χ0n) is 16.7. The summed E-state index contributed by atoms with van der Waals surface area (Å²) in [5.41, 5.74) is 4.75. The number of nitrogens with zero attached hydrogens (tertiary/aromatic N) is 2. The van der Waals surface area contributed by atoms with Gasteiger partial charge in [-0.1, -0.05) is 18.2 Å². The van der Waals surface area contributed by atoms with Gasteiger partial charge in [0.15, 0.2) is 0 Å². The molecule has 1 aromatic heterocycles. The number of aromatic amines is 1. The molecule has 3 aromatic rings. The van der Waals surface area contributed by atoms with Crippen LogP contribution in [0.2, 0.25) is 0 Å². The fourth-order valence-corrected chi connectivity index (χ4v) is 4.58. The number of hydrogen-bond donors (Lipinski definition) is 2. The van der Waals surface area contributed by atoms with Crippen molar-refractivity contribution in [1.29, 1.82) is 0 Å². The molecule has 1 saturated carbocycles. The number of carbonyl (C=O) groups excluding carboxylic acids is 1. The molecule has 1 amide bonds. The molecule has 2 fully saturated rings. The summed E-state index contributed by atoms with van der Waals surface area (Å²) >= 11 is 0. The molecule has 1 saturated heterocycles. The van der Waals surface area contributed by atoms with Crippen molar-refractivity contribution in [2.24, 2.45) is 5.92 Å². The number of benzene rings is 2. The third-order valence-electron chi connectivity index (χ3n) is 6.56. The second kappa shape index (κ2) is 6.62. The van der Waals surface area contributed by atoms with E-state index < -0.39 is 5.54 Å². The van der Waals surface area contributed by atoms with Gasteiger partial charge in [-0.05, 0) is 54.5 Å². The van der Waals surface area contributed by atoms with Gasteiger partial charge in [0.1, 0.15) is 11.3 Å². The van der Waals surface area contributed by atoms with E-state index in [0.29, 0.717) is 0 Å². The minimum atomic E-state index is -0.541. The molecule has 2 N–H and O–H groups in total. The smallest absolute Gasteiger partial charge is 0.253 e. The SMILES string of the molecule is O=C1N(c2ccc(-c3cn[nH]c3)cc2)CCC12Cc1ccc(OCC3CC3)cc1N2. The zero-order chi connectivity index (χ0) is 20.1. The van der Waals surface area contributed by atoms with Gasteiger partial charge in [0.05, 0.1) is 12.8 Å². The molecule has 152 valence electrons. The summed E-state index contributed by atoms with van der Waals surface area (Å²) in [6.45, 7) is 1.52. The Kier molecular flexibility index (Phi) is 3.88. The highest BCUT2D eigenvalue weighted by Crippen LogP contribution is 2.42. The van der Waals surface area contributed by atoms with Crippen LogP contribution >= 0.6 is 0 Å². The molecule has 1 spiro atoms. The lowest BCUT2D eigenvalue weighted by Gasteiger charge is -2.24. The van der Waals surface area contributed by atoms with Crippen molar-refractivity contribution in [3.8, 4) is 16.9 Å². The highest BCUT2D eigenvalue weighted by Gasteiger charge is 2.50. The molecule has 1 unspecified atom stereocenters. The van der Waals surface area contributed by atoms with Crippen LogP contribution in [0.15, 0.2) is 54.9 Å². The second-order valence-corrected chi connectivity index (χ2v) is 8.70. The fraction of sp³-hybridized carbons (Fsp3) is 0.333. The van der Waals surface area contributed by atoms with Crippen LogP contribution in [0.5, 0.6) is 5.75 Å². The average molecular weight is 400 g/mol. The Morgan fingerprint density at radius 2 is 2.00 bits per heavy atom. The Morgan fingerprint density at radius 1 is 1.13 bits per heavy atom. The molecule has 2 aromatic carbocycles. The van der Waals surface area contributed by atoms with Gasteiger partial charge in [-0.3, -0.25) is 9.89 Å². The minimum absolute atomic E-state index is 0.148. The number of rotatable bonds is 5. The summed E-state index contributed by atoms with van der Waals surface area (Å²) in [6, 6.07) is 14.3. The molecule has 6 rings (SSSR count). The lowest BCUT2D eigenvalue weighted by atomic mass is 9.93. The molecule has 3 heterocycles. The number of amides is 1. The van der Waals surface area contributed by atoms with E-state index in [0.717, 1.165) is 60.2 Å². The average Bonchev–Trinajstić information content (AvgIpc) is 3.17. The van der Waals surface area contributed by atoms with Crippen LogP contribution in [0.4, 0.5) is 11.4 Å². The van der Waals surface area contributed by atoms with Gasteiger partial charge in [0, 0.05) is 42.2 Å². The van der Waals surface area contributed by atoms with Crippen LogP contribution in [0, 0.1) is 5.92 Å². The lowest BCUT2D eigenvalue weighted by molar-refractivity contribution is -0.120. The van der Waals surface area contributed by atoms with E-state index in [1.807, 2.05) is 41.4 Å². The van der Waals surface area contributed by atoms with Gasteiger partial charge in [-0.15, -0.1) is 0 Å². The monoisotopic (exact) mass is 400 g/mol. The van der Waals surface area contributed by atoms with E-state index in [1.54, 1.807) is 6.20 Å². The first kappa shape index (κ1) is 17.6. The summed E-state index contributed by atoms with van der Waals surface area (Å²) in [6.07, 6.45) is 7.75. The number of anilines is 2. The van der Waals surface area contributed by atoms with Crippen molar-refractivity contribution in [2.45, 2.75) is 31.2 Å². The van der Waals surface area contributed by atoms with Crippen molar-refractivity contribution in [3.63, 3.8) is 0 Å². The maximum absolute atomic E-state index is 13.4. The Bertz CT molecular complexity index is 1090. The molecule has 6 heteroatoms. The first-order valence-electron chi connectivity index (χ1n) is 10.7. The standard InChI is InChI=1S/C24H24N4O2/c29-23-24(12-18-5-8-21(11-22(18)27-24)30-15-16-1-2-16)9-10-28(23)20-6-3-17(4-7-20)19-13-25-26-14-19/h3-8,11,13-14,16,27H,1-2,9-10,12,15H2,(H,25,26). The van der Waals surface area contributed by atoms with E-state index in [9.17, 15) is 4.79 Å². The minimum Gasteiger partial charge on any atom is -0.493 e. The number of hydrogen-bond acceptors (Lipinski definition) is 4. The normalized spacial score (nSPS) is 22.4. The van der Waals surface area contributed by atoms with E-state index in [2.05, 4.69) is 27.6 Å². The van der Waals surface area contributed by atoms with Crippen LogP contribution in [0.3, 0.4) is 0 Å². The van der Waals surface area contributed by atoms with E-state index in [1.165, 1.54) is 18.4 Å². The highest BCUT2D eigenvalue weighted by molar-refractivity contribution is 6.06. The molecule has 6 nitrogen and oxygen atoms in total. The predicted molar refractivity (Wildman–Crippen MR) is 116 cm³/mol. The van der Waals surface area contributed by atoms with E-state index in [4.69, 9.17) is 4.74 Å². The molecule has 0 bridgehead atoms. The van der Waals surface area contributed by atoms with Crippen LogP contribution in [-0.4, -0.2) is 34.8 Å². The molecule has 0 radical (unpaired) electrons. The Hall–Kier alpha value is -3.28. The Balaban J connectivity index is 1.19. The zero-order valence-corrected chi connectivity index (χ0v) is 16.7. The summed E-state index contributed by atoms with van der Waals surface area (Å²) in [4.78, 5) is 15.3. The van der Waals surface area contributed by atoms with Crippen LogP contribution in [-0.2, 0) is 11.2 Å². The van der Waals surface area contributed by atoms with E-state index >= 15 is 0 Å². The maximum atomic E-state index is 13.4. The predicted octanol–water partition coefficient (Wildman–Crippen LogP) is 4.01. The second-order valence-electron chi connectivity index (χ2n) is 8.70. The molecule has 1 atom stereocenters. The van der Waals surface area contributed by atoms with Gasteiger partial charge in [-0.2, -0.15) is 5.10 Å². The van der Waals surface area contributed by atoms with Gasteiger partial charge in [0.25, 0.3) is 5.91 Å². The molecule has 1 aliphatic carbocycles. The molecule has 30 heavy (non-hydrogen) atoms. The maximum Gasteiger partial charge on any atom is 0.253 e. The number of carbonyl (C=O) groups is 1. The topological polar surface area (TPSA) is 70.2 Å². The summed E-state index contributed by atoms with van der Waals surface area (Å²) in [5, 5.41) is 10.4. The van der Waals surface area contributed by atoms with Crippen molar-refractivity contribution >= 4 is 17.3 Å². The highest BCUT2D eigenvalue weighted by atomic mass is 16.5. The van der Waals surface area contributed by atoms with Crippen LogP contribution in [0.25, 0.3) is 11.1 Å². The summed E-state index contributed by atoms with van der Waals surface area (Å²) in [5.74, 6) is 1.76. The molecule has 2 aliphatic heterocycles. The molecular weight excluding hydrogens is 376 g/mol. The Labute approximate surface area is 175 Å². The van der Waals surface area contributed by atoms with Gasteiger partial charge in [-0.25, -0.2) is 0 Å². The van der Waals surface area contributed by atoms with E-state index in [-0.39, 0.29) is 5.91 Å². The summed E-state index contributed by atoms with van der Waals surface area (Å²) < 4.78 is 5.92. The third-order valence-corrected chi connectivity index (χ3v) is 6.56. The van der Waals surface area contributed by atoms with Crippen molar-refractivity contribution < 1.29 is 9.53 Å². The first-order valence-corrected chi connectivity index (χ1v) is 10.7. The third kappa shape index (κ3) is 2.95. The van der Waals surface area contributed by atoms with Crippen molar-refractivity contribution in [3.05, 3.63) is 60.4 Å².